The summed E-state index contributed by atoms with van der Waals surface area (Å²) in [5.74, 6) is -0.181. The highest BCUT2D eigenvalue weighted by molar-refractivity contribution is 5.98. The van der Waals surface area contributed by atoms with Gasteiger partial charge >= 0.3 is 0 Å². The van der Waals surface area contributed by atoms with Gasteiger partial charge in [-0.15, -0.1) is 0 Å². The lowest BCUT2D eigenvalue weighted by molar-refractivity contribution is -0.131. The van der Waals surface area contributed by atoms with Gasteiger partial charge in [0.1, 0.15) is 5.78 Å². The first-order valence-electron chi connectivity index (χ1n) is 8.88. The molecule has 1 saturated heterocycles. The van der Waals surface area contributed by atoms with Gasteiger partial charge in [0.25, 0.3) is 5.91 Å². The first-order valence-corrected chi connectivity index (χ1v) is 8.88. The predicted molar refractivity (Wildman–Crippen MR) is 93.6 cm³/mol. The number of nitrogens with zero attached hydrogens (tertiary/aromatic N) is 3. The van der Waals surface area contributed by atoms with E-state index in [1.807, 2.05) is 18.7 Å². The van der Waals surface area contributed by atoms with Crippen LogP contribution >= 0.6 is 0 Å². The van der Waals surface area contributed by atoms with Gasteiger partial charge in [-0.05, 0) is 20.0 Å². The molecule has 2 aliphatic rings. The van der Waals surface area contributed by atoms with E-state index in [2.05, 4.69) is 23.9 Å². The Morgan fingerprint density at radius 1 is 1.29 bits per heavy atom. The van der Waals surface area contributed by atoms with Crippen LogP contribution in [0.15, 0.2) is 11.6 Å². The van der Waals surface area contributed by atoms with Gasteiger partial charge in [0.05, 0.1) is 6.10 Å². The first-order chi connectivity index (χ1) is 11.3. The third-order valence-corrected chi connectivity index (χ3v) is 4.97. The molecular formula is C18H31N3O3. The van der Waals surface area contributed by atoms with Crippen LogP contribution in [0.1, 0.15) is 20.3 Å². The third-order valence-electron chi connectivity index (χ3n) is 4.97. The van der Waals surface area contributed by atoms with Crippen molar-refractivity contribution in [2.24, 2.45) is 11.8 Å². The number of rotatable bonds is 5. The summed E-state index contributed by atoms with van der Waals surface area (Å²) >= 11 is 0. The van der Waals surface area contributed by atoms with Gasteiger partial charge in [-0.2, -0.15) is 0 Å². The van der Waals surface area contributed by atoms with Crippen LogP contribution in [0.4, 0.5) is 0 Å². The maximum absolute atomic E-state index is 12.8. The van der Waals surface area contributed by atoms with Crippen molar-refractivity contribution in [1.29, 1.82) is 0 Å². The zero-order valence-electron chi connectivity index (χ0n) is 15.4. The summed E-state index contributed by atoms with van der Waals surface area (Å²) in [5, 5.41) is 10.2. The van der Waals surface area contributed by atoms with E-state index in [4.69, 9.17) is 0 Å². The Hall–Kier alpha value is -1.24. The van der Waals surface area contributed by atoms with E-state index in [1.165, 1.54) is 0 Å². The molecule has 0 bridgehead atoms. The fourth-order valence-corrected chi connectivity index (χ4v) is 3.31. The molecule has 1 aliphatic carbocycles. The standard InChI is InChI=1S/C18H31N3O3/c1-13(2)14-11-15(17(23)12-16(14)22)18(24)21-9-7-20(8-10-21)6-5-19(3)4/h11,13-14,17,23H,5-10,12H2,1-4H3. The molecule has 6 heteroatoms. The highest BCUT2D eigenvalue weighted by atomic mass is 16.3. The van der Waals surface area contributed by atoms with Crippen LogP contribution in [-0.2, 0) is 9.59 Å². The fourth-order valence-electron chi connectivity index (χ4n) is 3.31. The SMILES string of the molecule is CC(C)C1C=C(C(=O)N2CCN(CCN(C)C)CC2)C(O)CC1=O. The van der Waals surface area contributed by atoms with Gasteiger partial charge in [-0.3, -0.25) is 14.5 Å². The summed E-state index contributed by atoms with van der Waals surface area (Å²) in [6.45, 7) is 9.03. The smallest absolute Gasteiger partial charge is 0.252 e. The molecule has 136 valence electrons. The van der Waals surface area contributed by atoms with Crippen LogP contribution in [0.3, 0.4) is 0 Å². The average Bonchev–Trinajstić information content (AvgIpc) is 2.52. The number of aliphatic hydroxyl groups excluding tert-OH is 1. The monoisotopic (exact) mass is 337 g/mol. The quantitative estimate of drug-likeness (QED) is 0.778. The Bertz CT molecular complexity index is 494. The van der Waals surface area contributed by atoms with Gasteiger partial charge in [-0.1, -0.05) is 19.9 Å². The highest BCUT2D eigenvalue weighted by Crippen LogP contribution is 2.27. The van der Waals surface area contributed by atoms with E-state index >= 15 is 0 Å². The van der Waals surface area contributed by atoms with Crippen LogP contribution in [0.5, 0.6) is 0 Å². The Kier molecular flexibility index (Phi) is 6.54. The number of carbonyl (C=O) groups is 2. The Labute approximate surface area is 145 Å². The molecule has 1 fully saturated rings. The molecule has 0 aromatic carbocycles. The second kappa shape index (κ2) is 8.23. The maximum Gasteiger partial charge on any atom is 0.252 e. The van der Waals surface area contributed by atoms with Crippen molar-refractivity contribution in [1.82, 2.24) is 14.7 Å². The van der Waals surface area contributed by atoms with Gasteiger partial charge in [0.15, 0.2) is 0 Å². The zero-order chi connectivity index (χ0) is 17.9. The maximum atomic E-state index is 12.8. The molecule has 2 rings (SSSR count). The summed E-state index contributed by atoms with van der Waals surface area (Å²) in [6.07, 6.45) is 0.817. The number of allylic oxidation sites excluding steroid dienone is 1. The number of ketones is 1. The van der Waals surface area contributed by atoms with Crippen molar-refractivity contribution in [3.8, 4) is 0 Å². The van der Waals surface area contributed by atoms with Crippen LogP contribution in [0.25, 0.3) is 0 Å². The van der Waals surface area contributed by atoms with E-state index in [1.54, 1.807) is 6.08 Å². The molecular weight excluding hydrogens is 306 g/mol. The van der Waals surface area contributed by atoms with Gasteiger partial charge in [0.2, 0.25) is 0 Å². The Morgan fingerprint density at radius 3 is 2.46 bits per heavy atom. The highest BCUT2D eigenvalue weighted by Gasteiger charge is 2.35. The molecule has 0 saturated carbocycles. The van der Waals surface area contributed by atoms with E-state index in [0.717, 1.165) is 26.2 Å². The normalized spacial score (nSPS) is 26.2. The number of amides is 1. The minimum absolute atomic E-state index is 0.0301. The second-order valence-corrected chi connectivity index (χ2v) is 7.52. The average molecular weight is 337 g/mol. The largest absolute Gasteiger partial charge is 0.388 e. The minimum Gasteiger partial charge on any atom is -0.388 e. The van der Waals surface area contributed by atoms with E-state index in [-0.39, 0.29) is 29.9 Å². The molecule has 0 aromatic rings. The van der Waals surface area contributed by atoms with Crippen molar-refractivity contribution >= 4 is 11.7 Å². The molecule has 6 nitrogen and oxygen atoms in total. The Balaban J connectivity index is 1.96. The summed E-state index contributed by atoms with van der Waals surface area (Å²) in [4.78, 5) is 31.1. The molecule has 0 spiro atoms. The van der Waals surface area contributed by atoms with E-state index in [0.29, 0.717) is 18.7 Å². The lowest BCUT2D eigenvalue weighted by Crippen LogP contribution is -2.51. The van der Waals surface area contributed by atoms with Crippen molar-refractivity contribution in [3.05, 3.63) is 11.6 Å². The fraction of sp³-hybridized carbons (Fsp3) is 0.778. The van der Waals surface area contributed by atoms with E-state index in [9.17, 15) is 14.7 Å². The topological polar surface area (TPSA) is 64.1 Å². The van der Waals surface area contributed by atoms with Crippen LogP contribution < -0.4 is 0 Å². The number of hydrogen-bond donors (Lipinski definition) is 1. The number of hydrogen-bond acceptors (Lipinski definition) is 5. The summed E-state index contributed by atoms with van der Waals surface area (Å²) in [7, 11) is 4.12. The molecule has 1 aliphatic heterocycles. The zero-order valence-corrected chi connectivity index (χ0v) is 15.4. The number of likely N-dealkylation sites (N-methyl/N-ethyl adjacent to an activating group) is 1. The van der Waals surface area contributed by atoms with E-state index < -0.39 is 6.10 Å². The number of carbonyl (C=O) groups excluding carboxylic acids is 2. The number of piperazine rings is 1. The molecule has 0 radical (unpaired) electrons. The number of aliphatic hydroxyl groups is 1. The van der Waals surface area contributed by atoms with Crippen molar-refractivity contribution in [2.45, 2.75) is 26.4 Å². The van der Waals surface area contributed by atoms with Crippen LogP contribution in [-0.4, -0.2) is 91.0 Å². The van der Waals surface area contributed by atoms with Gasteiger partial charge < -0.3 is 14.9 Å². The summed E-state index contributed by atoms with van der Waals surface area (Å²) in [5.41, 5.74) is 0.412. The van der Waals surface area contributed by atoms with Crippen molar-refractivity contribution in [2.75, 3.05) is 53.4 Å². The second-order valence-electron chi connectivity index (χ2n) is 7.52. The molecule has 2 atom stereocenters. The van der Waals surface area contributed by atoms with Crippen LogP contribution in [0.2, 0.25) is 0 Å². The lowest BCUT2D eigenvalue weighted by atomic mass is 9.80. The lowest BCUT2D eigenvalue weighted by Gasteiger charge is -2.37. The third kappa shape index (κ3) is 4.65. The molecule has 24 heavy (non-hydrogen) atoms. The first kappa shape index (κ1) is 19.1. The van der Waals surface area contributed by atoms with Gasteiger partial charge in [0, 0.05) is 57.2 Å². The number of Topliss-reactive ketones (excluding diaryl/α,β-unsaturated/α-hetero) is 1. The summed E-state index contributed by atoms with van der Waals surface area (Å²) in [6, 6.07) is 0. The van der Waals surface area contributed by atoms with Crippen molar-refractivity contribution < 1.29 is 14.7 Å². The predicted octanol–water partition coefficient (Wildman–Crippen LogP) is 0.225. The minimum atomic E-state index is -0.952. The molecule has 0 aromatic heterocycles. The Morgan fingerprint density at radius 2 is 1.92 bits per heavy atom. The molecule has 2 unspecified atom stereocenters. The molecule has 1 amide bonds. The van der Waals surface area contributed by atoms with Crippen molar-refractivity contribution in [3.63, 3.8) is 0 Å². The van der Waals surface area contributed by atoms with Gasteiger partial charge in [-0.25, -0.2) is 0 Å². The molecule has 1 heterocycles. The summed E-state index contributed by atoms with van der Waals surface area (Å²) < 4.78 is 0. The van der Waals surface area contributed by atoms with Crippen LogP contribution in [0, 0.1) is 11.8 Å². The molecule has 1 N–H and O–H groups in total.